The molecule has 1 heterocycles. The van der Waals surface area contributed by atoms with Crippen LogP contribution in [0.15, 0.2) is 23.4 Å². The normalized spacial score (nSPS) is 25.8. The molecule has 4 heteroatoms. The number of nitrogens with zero attached hydrogens (tertiary/aromatic N) is 1. The third-order valence-electron chi connectivity index (χ3n) is 3.77. The second-order valence-corrected chi connectivity index (χ2v) is 4.78. The summed E-state index contributed by atoms with van der Waals surface area (Å²) in [6.45, 7) is 1.86. The average Bonchev–Trinajstić information content (AvgIpc) is 2.84. The molecule has 1 amide bonds. The fourth-order valence-electron chi connectivity index (χ4n) is 2.85. The Balaban J connectivity index is 2.33. The lowest BCUT2D eigenvalue weighted by Gasteiger charge is -2.32. The van der Waals surface area contributed by atoms with Crippen LogP contribution in [0.25, 0.3) is 0 Å². The topological polar surface area (TPSA) is 49.4 Å². The van der Waals surface area contributed by atoms with Crippen LogP contribution in [0.3, 0.4) is 0 Å². The van der Waals surface area contributed by atoms with Crippen molar-refractivity contribution in [3.63, 3.8) is 0 Å². The molecule has 1 aliphatic carbocycles. The Kier molecular flexibility index (Phi) is 3.05. The van der Waals surface area contributed by atoms with Crippen LogP contribution in [0, 0.1) is 0 Å². The minimum absolute atomic E-state index is 0.0255. The number of aldehydes is 1. The number of allylic oxidation sites excluding steroid dienone is 3. The molecule has 0 radical (unpaired) electrons. The molecule has 1 saturated heterocycles. The highest BCUT2D eigenvalue weighted by Gasteiger charge is 2.47. The Morgan fingerprint density at radius 1 is 1.41 bits per heavy atom. The lowest BCUT2D eigenvalue weighted by atomic mass is 10.1. The summed E-state index contributed by atoms with van der Waals surface area (Å²) in [7, 11) is 1.96. The molecule has 17 heavy (non-hydrogen) atoms. The molecule has 2 aliphatic rings. The number of likely N-dealkylation sites (N-methyl/N-ethyl adjacent to an activating group) is 1. The van der Waals surface area contributed by atoms with Crippen LogP contribution < -0.4 is 5.32 Å². The quantitative estimate of drug-likeness (QED) is 0.579. The first-order valence-electron chi connectivity index (χ1n) is 6.00. The number of nitrogens with one attached hydrogen (secondary N) is 1. The smallest absolute Gasteiger partial charge is 0.269 e. The zero-order valence-electron chi connectivity index (χ0n) is 10.3. The van der Waals surface area contributed by atoms with Gasteiger partial charge in [0, 0.05) is 7.05 Å². The summed E-state index contributed by atoms with van der Waals surface area (Å²) in [5.41, 5.74) is 1.34. The van der Waals surface area contributed by atoms with Gasteiger partial charge < -0.3 is 10.2 Å². The van der Waals surface area contributed by atoms with E-state index in [0.29, 0.717) is 5.70 Å². The van der Waals surface area contributed by atoms with Gasteiger partial charge in [0.05, 0.1) is 0 Å². The van der Waals surface area contributed by atoms with Crippen LogP contribution in [0.1, 0.15) is 32.6 Å². The molecule has 1 saturated carbocycles. The predicted octanol–water partition coefficient (Wildman–Crippen LogP) is 1.35. The Hall–Kier alpha value is -1.58. The molecule has 1 aliphatic heterocycles. The maximum absolute atomic E-state index is 12.0. The highest BCUT2D eigenvalue weighted by atomic mass is 16.2. The molecule has 2 rings (SSSR count). The lowest BCUT2D eigenvalue weighted by molar-refractivity contribution is -0.117. The number of carbonyl (C=O) groups excluding carboxylic acids is 2. The minimum Gasteiger partial charge on any atom is -0.347 e. The van der Waals surface area contributed by atoms with Gasteiger partial charge in [0.2, 0.25) is 0 Å². The van der Waals surface area contributed by atoms with Crippen molar-refractivity contribution in [2.75, 3.05) is 7.05 Å². The number of amides is 1. The van der Waals surface area contributed by atoms with Gasteiger partial charge >= 0.3 is 0 Å². The van der Waals surface area contributed by atoms with E-state index in [1.165, 1.54) is 6.08 Å². The summed E-state index contributed by atoms with van der Waals surface area (Å²) in [6.07, 6.45) is 8.15. The van der Waals surface area contributed by atoms with Crippen molar-refractivity contribution in [2.24, 2.45) is 0 Å². The lowest BCUT2D eigenvalue weighted by Crippen LogP contribution is -2.47. The van der Waals surface area contributed by atoms with Crippen LogP contribution in [-0.2, 0) is 9.59 Å². The van der Waals surface area contributed by atoms with Gasteiger partial charge in [0.25, 0.3) is 5.91 Å². The van der Waals surface area contributed by atoms with Gasteiger partial charge in [-0.15, -0.1) is 0 Å². The summed E-state index contributed by atoms with van der Waals surface area (Å²) >= 11 is 0. The molecule has 0 atom stereocenters. The van der Waals surface area contributed by atoms with Gasteiger partial charge in [-0.05, 0) is 44.3 Å². The monoisotopic (exact) mass is 234 g/mol. The molecule has 92 valence electrons. The number of carbonyl (C=O) groups is 2. The molecular formula is C13H18N2O2. The second-order valence-electron chi connectivity index (χ2n) is 4.78. The molecular weight excluding hydrogens is 216 g/mol. The van der Waals surface area contributed by atoms with E-state index in [9.17, 15) is 9.59 Å². The van der Waals surface area contributed by atoms with Gasteiger partial charge in [-0.1, -0.05) is 6.08 Å². The van der Waals surface area contributed by atoms with Crippen molar-refractivity contribution in [1.29, 1.82) is 0 Å². The number of rotatable bonds is 2. The van der Waals surface area contributed by atoms with Gasteiger partial charge in [0.1, 0.15) is 17.6 Å². The van der Waals surface area contributed by atoms with E-state index in [1.54, 1.807) is 6.08 Å². The average molecular weight is 234 g/mol. The van der Waals surface area contributed by atoms with E-state index in [0.717, 1.165) is 37.5 Å². The Morgan fingerprint density at radius 3 is 2.65 bits per heavy atom. The maximum Gasteiger partial charge on any atom is 0.269 e. The summed E-state index contributed by atoms with van der Waals surface area (Å²) in [5.74, 6) is -0.0255. The molecule has 0 aromatic carbocycles. The first kappa shape index (κ1) is 11.9. The molecule has 2 fully saturated rings. The van der Waals surface area contributed by atoms with Gasteiger partial charge in [-0.25, -0.2) is 0 Å². The first-order valence-corrected chi connectivity index (χ1v) is 6.00. The van der Waals surface area contributed by atoms with Crippen LogP contribution in [0.4, 0.5) is 0 Å². The molecule has 0 aromatic rings. The van der Waals surface area contributed by atoms with E-state index in [-0.39, 0.29) is 11.6 Å². The Morgan fingerprint density at radius 2 is 2.06 bits per heavy atom. The van der Waals surface area contributed by atoms with Crippen molar-refractivity contribution in [3.05, 3.63) is 23.4 Å². The Bertz CT molecular complexity index is 404. The van der Waals surface area contributed by atoms with E-state index in [4.69, 9.17) is 0 Å². The predicted molar refractivity (Wildman–Crippen MR) is 65.0 cm³/mol. The minimum atomic E-state index is -0.178. The summed E-state index contributed by atoms with van der Waals surface area (Å²) in [5, 5.41) is 3.09. The molecule has 1 N–H and O–H groups in total. The van der Waals surface area contributed by atoms with Gasteiger partial charge in [0.15, 0.2) is 0 Å². The van der Waals surface area contributed by atoms with Crippen LogP contribution in [0.2, 0.25) is 0 Å². The van der Waals surface area contributed by atoms with Crippen molar-refractivity contribution in [1.82, 2.24) is 10.2 Å². The fourth-order valence-corrected chi connectivity index (χ4v) is 2.85. The zero-order valence-corrected chi connectivity index (χ0v) is 10.3. The number of hydrogen-bond donors (Lipinski definition) is 1. The SMILES string of the molecule is CC(/C=C\C=O)=C1\C(=O)NC2(CCCC2)N1C. The highest BCUT2D eigenvalue weighted by molar-refractivity contribution is 5.97. The van der Waals surface area contributed by atoms with Crippen molar-refractivity contribution < 1.29 is 9.59 Å². The zero-order chi connectivity index (χ0) is 12.5. The van der Waals surface area contributed by atoms with E-state index in [1.807, 2.05) is 18.9 Å². The van der Waals surface area contributed by atoms with Gasteiger partial charge in [-0.2, -0.15) is 0 Å². The summed E-state index contributed by atoms with van der Waals surface area (Å²) in [6, 6.07) is 0. The van der Waals surface area contributed by atoms with Crippen LogP contribution >= 0.6 is 0 Å². The standard InChI is InChI=1S/C13H18N2O2/c1-10(6-5-9-16)11-12(17)14-13(15(11)2)7-3-4-8-13/h5-6,9H,3-4,7-8H2,1-2H3,(H,14,17)/b6-5-,11-10-. The molecule has 4 nitrogen and oxygen atoms in total. The van der Waals surface area contributed by atoms with Crippen molar-refractivity contribution >= 4 is 12.2 Å². The summed E-state index contributed by atoms with van der Waals surface area (Å²) in [4.78, 5) is 24.4. The molecule has 0 unspecified atom stereocenters. The second kappa shape index (κ2) is 4.35. The Labute approximate surface area is 101 Å². The summed E-state index contributed by atoms with van der Waals surface area (Å²) < 4.78 is 0. The third kappa shape index (κ3) is 1.88. The van der Waals surface area contributed by atoms with Crippen LogP contribution in [0.5, 0.6) is 0 Å². The largest absolute Gasteiger partial charge is 0.347 e. The third-order valence-corrected chi connectivity index (χ3v) is 3.77. The van der Waals surface area contributed by atoms with Crippen LogP contribution in [-0.4, -0.2) is 29.8 Å². The molecule has 1 spiro atoms. The first-order chi connectivity index (χ1) is 8.10. The van der Waals surface area contributed by atoms with Crippen molar-refractivity contribution in [2.45, 2.75) is 38.3 Å². The highest BCUT2D eigenvalue weighted by Crippen LogP contribution is 2.39. The fraction of sp³-hybridized carbons (Fsp3) is 0.538. The molecule has 0 bridgehead atoms. The van der Waals surface area contributed by atoms with E-state index >= 15 is 0 Å². The maximum atomic E-state index is 12.0. The molecule has 0 aromatic heterocycles. The van der Waals surface area contributed by atoms with Crippen molar-refractivity contribution in [3.8, 4) is 0 Å². The van der Waals surface area contributed by atoms with E-state index in [2.05, 4.69) is 5.32 Å². The van der Waals surface area contributed by atoms with Gasteiger partial charge in [-0.3, -0.25) is 9.59 Å². The number of hydrogen-bond acceptors (Lipinski definition) is 3. The van der Waals surface area contributed by atoms with E-state index < -0.39 is 0 Å².